The third-order valence-electron chi connectivity index (χ3n) is 4.51. The Balaban J connectivity index is 1.73. The zero-order valence-electron chi connectivity index (χ0n) is 11.0. The van der Waals surface area contributed by atoms with Crippen molar-refractivity contribution in [2.24, 2.45) is 11.8 Å². The van der Waals surface area contributed by atoms with E-state index in [4.69, 9.17) is 0 Å². The highest BCUT2D eigenvalue weighted by atomic mass is 16.1. The molecular formula is C14H26N2O. The Morgan fingerprint density at radius 1 is 1.12 bits per heavy atom. The van der Waals surface area contributed by atoms with E-state index in [-0.39, 0.29) is 5.91 Å². The number of fused-ring (bicyclic) bond motifs is 1. The second kappa shape index (κ2) is 6.39. The molecule has 0 aromatic heterocycles. The molecule has 0 aromatic rings. The van der Waals surface area contributed by atoms with Gasteiger partial charge in [-0.1, -0.05) is 25.7 Å². The molecule has 2 aliphatic carbocycles. The molecular weight excluding hydrogens is 212 g/mol. The minimum Gasteiger partial charge on any atom is -0.353 e. The smallest absolute Gasteiger partial charge is 0.221 e. The maximum absolute atomic E-state index is 11.7. The van der Waals surface area contributed by atoms with E-state index in [0.29, 0.717) is 12.5 Å². The molecule has 3 atom stereocenters. The van der Waals surface area contributed by atoms with Gasteiger partial charge in [-0.15, -0.1) is 0 Å². The molecule has 3 nitrogen and oxygen atoms in total. The van der Waals surface area contributed by atoms with Crippen molar-refractivity contribution in [1.82, 2.24) is 10.6 Å². The summed E-state index contributed by atoms with van der Waals surface area (Å²) in [5.41, 5.74) is 0. The number of hydrogen-bond acceptors (Lipinski definition) is 2. The molecule has 2 saturated carbocycles. The van der Waals surface area contributed by atoms with Crippen molar-refractivity contribution in [1.29, 1.82) is 0 Å². The van der Waals surface area contributed by atoms with Crippen LogP contribution in [0.1, 0.15) is 51.4 Å². The fourth-order valence-corrected chi connectivity index (χ4v) is 3.54. The van der Waals surface area contributed by atoms with Gasteiger partial charge in [-0.2, -0.15) is 0 Å². The molecule has 0 heterocycles. The first kappa shape index (κ1) is 12.9. The summed E-state index contributed by atoms with van der Waals surface area (Å²) in [6, 6.07) is 0.457. The third kappa shape index (κ3) is 3.70. The summed E-state index contributed by atoms with van der Waals surface area (Å²) in [5, 5.41) is 6.23. The monoisotopic (exact) mass is 238 g/mol. The van der Waals surface area contributed by atoms with Gasteiger partial charge < -0.3 is 10.6 Å². The Bertz CT molecular complexity index is 255. The third-order valence-corrected chi connectivity index (χ3v) is 4.51. The molecule has 2 rings (SSSR count). The molecule has 2 N–H and O–H groups in total. The second-order valence-corrected chi connectivity index (χ2v) is 5.74. The highest BCUT2D eigenvalue weighted by molar-refractivity contribution is 5.76. The Morgan fingerprint density at radius 2 is 1.88 bits per heavy atom. The Hall–Kier alpha value is -0.570. The Labute approximate surface area is 105 Å². The van der Waals surface area contributed by atoms with Crippen molar-refractivity contribution < 1.29 is 4.79 Å². The second-order valence-electron chi connectivity index (χ2n) is 5.74. The summed E-state index contributed by atoms with van der Waals surface area (Å²) >= 11 is 0. The number of hydrogen-bond donors (Lipinski definition) is 2. The molecule has 3 unspecified atom stereocenters. The van der Waals surface area contributed by atoms with Gasteiger partial charge in [-0.05, 0) is 38.1 Å². The normalized spacial score (nSPS) is 32.9. The molecule has 2 fully saturated rings. The van der Waals surface area contributed by atoms with E-state index in [9.17, 15) is 4.79 Å². The maximum atomic E-state index is 11.7. The predicted molar refractivity (Wildman–Crippen MR) is 69.8 cm³/mol. The van der Waals surface area contributed by atoms with Crippen LogP contribution in [0.25, 0.3) is 0 Å². The van der Waals surface area contributed by atoms with Crippen LogP contribution in [0.3, 0.4) is 0 Å². The first-order valence-corrected chi connectivity index (χ1v) is 7.23. The van der Waals surface area contributed by atoms with Crippen molar-refractivity contribution in [3.05, 3.63) is 0 Å². The van der Waals surface area contributed by atoms with Crippen LogP contribution in [0.15, 0.2) is 0 Å². The minimum atomic E-state index is 0.221. The zero-order valence-corrected chi connectivity index (χ0v) is 11.0. The Kier molecular flexibility index (Phi) is 4.84. The van der Waals surface area contributed by atoms with Crippen molar-refractivity contribution in [2.75, 3.05) is 13.6 Å². The minimum absolute atomic E-state index is 0.221. The van der Waals surface area contributed by atoms with Crippen molar-refractivity contribution >= 4 is 5.91 Å². The van der Waals surface area contributed by atoms with Gasteiger partial charge in [0.05, 0.1) is 0 Å². The lowest BCUT2D eigenvalue weighted by atomic mass is 9.69. The van der Waals surface area contributed by atoms with E-state index in [0.717, 1.165) is 18.4 Å². The molecule has 2 aliphatic rings. The van der Waals surface area contributed by atoms with E-state index in [1.54, 1.807) is 0 Å². The van der Waals surface area contributed by atoms with E-state index >= 15 is 0 Å². The van der Waals surface area contributed by atoms with Crippen LogP contribution in [0.5, 0.6) is 0 Å². The van der Waals surface area contributed by atoms with Crippen LogP contribution in [0.2, 0.25) is 0 Å². The largest absolute Gasteiger partial charge is 0.353 e. The summed E-state index contributed by atoms with van der Waals surface area (Å²) in [7, 11) is 1.89. The first-order chi connectivity index (χ1) is 8.29. The van der Waals surface area contributed by atoms with Gasteiger partial charge in [0.25, 0.3) is 0 Å². The van der Waals surface area contributed by atoms with Gasteiger partial charge in [-0.25, -0.2) is 0 Å². The molecule has 3 heteroatoms. The molecule has 0 spiro atoms. The van der Waals surface area contributed by atoms with Crippen LogP contribution < -0.4 is 10.6 Å². The number of rotatable bonds is 4. The lowest BCUT2D eigenvalue weighted by molar-refractivity contribution is -0.122. The summed E-state index contributed by atoms with van der Waals surface area (Å²) in [6.45, 7) is 0.782. The van der Waals surface area contributed by atoms with Crippen LogP contribution in [0.4, 0.5) is 0 Å². The summed E-state index contributed by atoms with van der Waals surface area (Å²) in [4.78, 5) is 11.7. The molecule has 1 amide bonds. The molecule has 0 aliphatic heterocycles. The molecule has 0 radical (unpaired) electrons. The summed E-state index contributed by atoms with van der Waals surface area (Å²) in [6.07, 6.45) is 10.0. The number of amides is 1. The predicted octanol–water partition coefficient (Wildman–Crippen LogP) is 2.07. The SMILES string of the molecule is CNCCC(=O)NC1CCC2CCCCC2C1. The van der Waals surface area contributed by atoms with E-state index in [1.807, 2.05) is 7.05 Å². The molecule has 98 valence electrons. The van der Waals surface area contributed by atoms with Crippen molar-refractivity contribution in [2.45, 2.75) is 57.4 Å². The topological polar surface area (TPSA) is 41.1 Å². The molecule has 0 saturated heterocycles. The van der Waals surface area contributed by atoms with Gasteiger partial charge in [0.1, 0.15) is 0 Å². The van der Waals surface area contributed by atoms with E-state index in [1.165, 1.54) is 44.9 Å². The highest BCUT2D eigenvalue weighted by Crippen LogP contribution is 2.40. The van der Waals surface area contributed by atoms with Crippen LogP contribution in [-0.2, 0) is 4.79 Å². The highest BCUT2D eigenvalue weighted by Gasteiger charge is 2.32. The molecule has 0 bridgehead atoms. The van der Waals surface area contributed by atoms with Crippen molar-refractivity contribution in [3.63, 3.8) is 0 Å². The van der Waals surface area contributed by atoms with E-state index < -0.39 is 0 Å². The van der Waals surface area contributed by atoms with Gasteiger partial charge in [0, 0.05) is 19.0 Å². The summed E-state index contributed by atoms with van der Waals surface area (Å²) < 4.78 is 0. The number of carbonyl (C=O) groups excluding carboxylic acids is 1. The van der Waals surface area contributed by atoms with Gasteiger partial charge in [0.2, 0.25) is 5.91 Å². The fourth-order valence-electron chi connectivity index (χ4n) is 3.54. The lowest BCUT2D eigenvalue weighted by Crippen LogP contribution is -2.42. The quantitative estimate of drug-likeness (QED) is 0.787. The van der Waals surface area contributed by atoms with Gasteiger partial charge in [-0.3, -0.25) is 4.79 Å². The maximum Gasteiger partial charge on any atom is 0.221 e. The summed E-state index contributed by atoms with van der Waals surface area (Å²) in [5.74, 6) is 2.08. The molecule has 0 aromatic carbocycles. The van der Waals surface area contributed by atoms with Crippen LogP contribution >= 0.6 is 0 Å². The fraction of sp³-hybridized carbons (Fsp3) is 0.929. The average molecular weight is 238 g/mol. The van der Waals surface area contributed by atoms with Gasteiger partial charge in [0.15, 0.2) is 0 Å². The Morgan fingerprint density at radius 3 is 2.65 bits per heavy atom. The number of carbonyl (C=O) groups is 1. The average Bonchev–Trinajstić information content (AvgIpc) is 2.36. The standard InChI is InChI=1S/C14H26N2O/c1-15-9-8-14(17)16-13-7-6-11-4-2-3-5-12(11)10-13/h11-13,15H,2-10H2,1H3,(H,16,17). The molecule has 17 heavy (non-hydrogen) atoms. The van der Waals surface area contributed by atoms with E-state index in [2.05, 4.69) is 10.6 Å². The van der Waals surface area contributed by atoms with Crippen LogP contribution in [0, 0.1) is 11.8 Å². The van der Waals surface area contributed by atoms with Crippen molar-refractivity contribution in [3.8, 4) is 0 Å². The number of nitrogens with one attached hydrogen (secondary N) is 2. The zero-order chi connectivity index (χ0) is 12.1. The van der Waals surface area contributed by atoms with Crippen LogP contribution in [-0.4, -0.2) is 25.5 Å². The lowest BCUT2D eigenvalue weighted by Gasteiger charge is -2.39. The first-order valence-electron chi connectivity index (χ1n) is 7.23. The van der Waals surface area contributed by atoms with Gasteiger partial charge >= 0.3 is 0 Å².